The quantitative estimate of drug-likeness (QED) is 0.876. The van der Waals surface area contributed by atoms with Gasteiger partial charge in [-0.2, -0.15) is 0 Å². The van der Waals surface area contributed by atoms with Gasteiger partial charge in [-0.15, -0.1) is 0 Å². The van der Waals surface area contributed by atoms with Crippen molar-refractivity contribution in [3.63, 3.8) is 0 Å². The van der Waals surface area contributed by atoms with E-state index in [4.69, 9.17) is 9.84 Å². The maximum absolute atomic E-state index is 9.08. The van der Waals surface area contributed by atoms with Gasteiger partial charge < -0.3 is 9.84 Å². The monoisotopic (exact) mass is 235 g/mol. The number of hydrogen-bond acceptors (Lipinski definition) is 3. The summed E-state index contributed by atoms with van der Waals surface area (Å²) in [6, 6.07) is 3.75. The van der Waals surface area contributed by atoms with Crippen molar-refractivity contribution in [3.05, 3.63) is 23.4 Å². The standard InChI is InChI=1S/C14H21NO2/c1-10-3-6-13(7-4-10)17-14-8-5-12(9-16)11(2)15-14/h5,8,10,13,16H,3-4,6-7,9H2,1-2H3. The van der Waals surface area contributed by atoms with Crippen LogP contribution in [0.15, 0.2) is 12.1 Å². The zero-order valence-electron chi connectivity index (χ0n) is 10.6. The summed E-state index contributed by atoms with van der Waals surface area (Å²) in [5.74, 6) is 1.53. The van der Waals surface area contributed by atoms with Gasteiger partial charge in [-0.3, -0.25) is 0 Å². The molecule has 0 aromatic carbocycles. The molecule has 1 aliphatic rings. The third-order valence-corrected chi connectivity index (χ3v) is 3.59. The molecule has 0 amide bonds. The van der Waals surface area contributed by atoms with Crippen molar-refractivity contribution in [3.8, 4) is 5.88 Å². The zero-order valence-corrected chi connectivity index (χ0v) is 10.6. The molecular formula is C14H21NO2. The first-order chi connectivity index (χ1) is 8.19. The maximum atomic E-state index is 9.08. The van der Waals surface area contributed by atoms with Crippen molar-refractivity contribution in [1.82, 2.24) is 4.98 Å². The second-order valence-electron chi connectivity index (χ2n) is 5.05. The van der Waals surface area contributed by atoms with Gasteiger partial charge in [-0.05, 0) is 50.2 Å². The van der Waals surface area contributed by atoms with E-state index in [0.717, 1.165) is 30.0 Å². The predicted molar refractivity (Wildman–Crippen MR) is 66.9 cm³/mol. The van der Waals surface area contributed by atoms with Gasteiger partial charge in [0.2, 0.25) is 5.88 Å². The van der Waals surface area contributed by atoms with Crippen LogP contribution in [-0.2, 0) is 6.61 Å². The second kappa shape index (κ2) is 5.50. The highest BCUT2D eigenvalue weighted by Gasteiger charge is 2.19. The Morgan fingerprint density at radius 1 is 1.29 bits per heavy atom. The van der Waals surface area contributed by atoms with Gasteiger partial charge in [-0.25, -0.2) is 4.98 Å². The lowest BCUT2D eigenvalue weighted by Crippen LogP contribution is -2.23. The lowest BCUT2D eigenvalue weighted by molar-refractivity contribution is 0.130. The SMILES string of the molecule is Cc1nc(OC2CCC(C)CC2)ccc1CO. The normalized spacial score (nSPS) is 24.6. The van der Waals surface area contributed by atoms with Gasteiger partial charge in [-0.1, -0.05) is 6.92 Å². The van der Waals surface area contributed by atoms with E-state index < -0.39 is 0 Å². The van der Waals surface area contributed by atoms with Crippen LogP contribution in [0.4, 0.5) is 0 Å². The Bertz CT molecular complexity index is 370. The summed E-state index contributed by atoms with van der Waals surface area (Å²) in [5, 5.41) is 9.08. The molecule has 1 heterocycles. The van der Waals surface area contributed by atoms with Gasteiger partial charge >= 0.3 is 0 Å². The molecule has 17 heavy (non-hydrogen) atoms. The van der Waals surface area contributed by atoms with Crippen LogP contribution < -0.4 is 4.74 Å². The number of nitrogens with zero attached hydrogens (tertiary/aromatic N) is 1. The number of rotatable bonds is 3. The van der Waals surface area contributed by atoms with Crippen LogP contribution in [-0.4, -0.2) is 16.2 Å². The first-order valence-corrected chi connectivity index (χ1v) is 6.43. The summed E-state index contributed by atoms with van der Waals surface area (Å²) < 4.78 is 5.89. The molecule has 1 aromatic rings. The molecule has 3 heteroatoms. The second-order valence-corrected chi connectivity index (χ2v) is 5.05. The fraction of sp³-hybridized carbons (Fsp3) is 0.643. The number of pyridine rings is 1. The summed E-state index contributed by atoms with van der Waals surface area (Å²) in [6.07, 6.45) is 5.07. The summed E-state index contributed by atoms with van der Waals surface area (Å²) in [7, 11) is 0. The minimum Gasteiger partial charge on any atom is -0.474 e. The Labute approximate surface area is 103 Å². The number of ether oxygens (including phenoxy) is 1. The molecule has 0 aliphatic heterocycles. The Morgan fingerprint density at radius 3 is 2.59 bits per heavy atom. The average Bonchev–Trinajstić information content (AvgIpc) is 2.32. The zero-order chi connectivity index (χ0) is 12.3. The van der Waals surface area contributed by atoms with Crippen LogP contribution in [0, 0.1) is 12.8 Å². The van der Waals surface area contributed by atoms with E-state index >= 15 is 0 Å². The molecule has 1 N–H and O–H groups in total. The third-order valence-electron chi connectivity index (χ3n) is 3.59. The molecule has 1 aromatic heterocycles. The van der Waals surface area contributed by atoms with E-state index in [0.29, 0.717) is 12.0 Å². The van der Waals surface area contributed by atoms with Crippen LogP contribution >= 0.6 is 0 Å². The molecule has 94 valence electrons. The van der Waals surface area contributed by atoms with Gasteiger partial charge in [0.05, 0.1) is 6.61 Å². The molecule has 1 aliphatic carbocycles. The first kappa shape index (κ1) is 12.4. The van der Waals surface area contributed by atoms with E-state index in [1.807, 2.05) is 19.1 Å². The van der Waals surface area contributed by atoms with Crippen molar-refractivity contribution < 1.29 is 9.84 Å². The lowest BCUT2D eigenvalue weighted by Gasteiger charge is -2.26. The third kappa shape index (κ3) is 3.19. The molecular weight excluding hydrogens is 214 g/mol. The highest BCUT2D eigenvalue weighted by molar-refractivity contribution is 5.24. The van der Waals surface area contributed by atoms with Crippen molar-refractivity contribution >= 4 is 0 Å². The first-order valence-electron chi connectivity index (χ1n) is 6.43. The summed E-state index contributed by atoms with van der Waals surface area (Å²) in [4.78, 5) is 4.37. The topological polar surface area (TPSA) is 42.4 Å². The fourth-order valence-corrected chi connectivity index (χ4v) is 2.32. The predicted octanol–water partition coefficient (Wildman–Crippen LogP) is 2.84. The summed E-state index contributed by atoms with van der Waals surface area (Å²) >= 11 is 0. The number of aryl methyl sites for hydroxylation is 1. The highest BCUT2D eigenvalue weighted by Crippen LogP contribution is 2.26. The van der Waals surface area contributed by atoms with E-state index in [1.54, 1.807) is 0 Å². The van der Waals surface area contributed by atoms with Gasteiger partial charge in [0.1, 0.15) is 6.10 Å². The Hall–Kier alpha value is -1.09. The smallest absolute Gasteiger partial charge is 0.213 e. The average molecular weight is 235 g/mol. The molecule has 1 saturated carbocycles. The van der Waals surface area contributed by atoms with Crippen LogP contribution in [0.3, 0.4) is 0 Å². The Balaban J connectivity index is 1.97. The van der Waals surface area contributed by atoms with Crippen LogP contribution in [0.1, 0.15) is 43.9 Å². The number of hydrogen-bond donors (Lipinski definition) is 1. The van der Waals surface area contributed by atoms with Crippen molar-refractivity contribution in [2.24, 2.45) is 5.92 Å². The molecule has 2 rings (SSSR count). The maximum Gasteiger partial charge on any atom is 0.213 e. The number of aromatic nitrogens is 1. The number of aliphatic hydroxyl groups excluding tert-OH is 1. The fourth-order valence-electron chi connectivity index (χ4n) is 2.32. The minimum atomic E-state index is 0.0417. The molecule has 0 bridgehead atoms. The molecule has 1 fully saturated rings. The van der Waals surface area contributed by atoms with Gasteiger partial charge in [0.15, 0.2) is 0 Å². The molecule has 0 radical (unpaired) electrons. The van der Waals surface area contributed by atoms with E-state index in [1.165, 1.54) is 12.8 Å². The Kier molecular flexibility index (Phi) is 4.00. The van der Waals surface area contributed by atoms with Crippen molar-refractivity contribution in [2.75, 3.05) is 0 Å². The lowest BCUT2D eigenvalue weighted by atomic mass is 9.89. The Morgan fingerprint density at radius 2 is 2.00 bits per heavy atom. The summed E-state index contributed by atoms with van der Waals surface area (Å²) in [6.45, 7) is 4.25. The van der Waals surface area contributed by atoms with Crippen LogP contribution in [0.5, 0.6) is 5.88 Å². The van der Waals surface area contributed by atoms with E-state index in [-0.39, 0.29) is 6.61 Å². The molecule has 0 saturated heterocycles. The van der Waals surface area contributed by atoms with E-state index in [9.17, 15) is 0 Å². The molecule has 0 spiro atoms. The molecule has 0 atom stereocenters. The van der Waals surface area contributed by atoms with Gasteiger partial charge in [0, 0.05) is 11.8 Å². The minimum absolute atomic E-state index is 0.0417. The van der Waals surface area contributed by atoms with Crippen molar-refractivity contribution in [2.45, 2.75) is 52.2 Å². The van der Waals surface area contributed by atoms with Crippen LogP contribution in [0.25, 0.3) is 0 Å². The highest BCUT2D eigenvalue weighted by atomic mass is 16.5. The largest absolute Gasteiger partial charge is 0.474 e. The molecule has 0 unspecified atom stereocenters. The van der Waals surface area contributed by atoms with Crippen LogP contribution in [0.2, 0.25) is 0 Å². The van der Waals surface area contributed by atoms with Gasteiger partial charge in [0.25, 0.3) is 0 Å². The molecule has 3 nitrogen and oxygen atoms in total. The van der Waals surface area contributed by atoms with E-state index in [2.05, 4.69) is 11.9 Å². The number of aliphatic hydroxyl groups is 1. The van der Waals surface area contributed by atoms with Crippen molar-refractivity contribution in [1.29, 1.82) is 0 Å². The summed E-state index contributed by atoms with van der Waals surface area (Å²) in [5.41, 5.74) is 1.73.